The van der Waals surface area contributed by atoms with Crippen LogP contribution in [0.5, 0.6) is 0 Å². The van der Waals surface area contributed by atoms with Crippen LogP contribution in [0.25, 0.3) is 32.7 Å². The predicted octanol–water partition coefficient (Wildman–Crippen LogP) is 7.86. The van der Waals surface area contributed by atoms with Gasteiger partial charge in [0.1, 0.15) is 0 Å². The Bertz CT molecular complexity index is 2770. The number of piperidine rings is 3. The van der Waals surface area contributed by atoms with Crippen molar-refractivity contribution in [1.82, 2.24) is 35.0 Å². The lowest BCUT2D eigenvalue weighted by molar-refractivity contribution is -0.145. The number of rotatable bonds is 14. The Morgan fingerprint density at radius 2 is 0.905 bits per heavy atom. The van der Waals surface area contributed by atoms with Gasteiger partial charge >= 0.3 is 11.9 Å². The fraction of sp³-hybridized carbons (Fsp3) is 0.550. The first-order chi connectivity index (χ1) is 36.1. The summed E-state index contributed by atoms with van der Waals surface area (Å²) in [5.74, 6) is 2.36. The number of H-pyrrole nitrogens is 3. The maximum atomic E-state index is 11.5. The van der Waals surface area contributed by atoms with Crippen molar-refractivity contribution in [3.8, 4) is 0 Å². The maximum absolute atomic E-state index is 11.5. The minimum absolute atomic E-state index is 0.0382. The molecule has 1 amide bonds. The number of nitrogens with zero attached hydrogens (tertiary/aromatic N) is 3. The largest absolute Gasteiger partial charge is 0.464 e. The molecule has 0 unspecified atom stereocenters. The number of carbonyl (C=O) groups is 3. The fourth-order valence-corrected chi connectivity index (χ4v) is 14.5. The second-order valence-corrected chi connectivity index (χ2v) is 22.4. The molecule has 396 valence electrons. The average molecular weight is 1010 g/mol. The molecule has 3 aromatic heterocycles. The van der Waals surface area contributed by atoms with Gasteiger partial charge in [-0.3, -0.25) is 29.1 Å². The summed E-state index contributed by atoms with van der Waals surface area (Å²) in [7, 11) is 0. The molecular weight excluding hydrogens is 927 g/mol. The van der Waals surface area contributed by atoms with Crippen LogP contribution in [0.1, 0.15) is 117 Å². The standard InChI is InChI=1S/2C20H27N3O2.C20H27N3O/c2*1-2-6-23-11-13(12-25-19(24)9-21)7-16-15-4-3-5-17-20(15)14(10-22-17)8-18(16)23;1-3-7-23-12-14(10-21-13(2)24)8-17-16-5-4-6-18-20(16)15(11-22-18)9-19(17)23/h2*3-5,10,13,16,18,22H,2,6-9,11-12,21H2,1H3;4-6,11,14,17,19,22H,3,7-10,12H2,1-2H3,(H,21,24)/t2*13-,16-,18-;14-,17+,19+/m110/s1. The molecule has 14 nitrogen and oxygen atoms in total. The number of aromatic amines is 3. The van der Waals surface area contributed by atoms with E-state index in [1.807, 2.05) is 0 Å². The second kappa shape index (κ2) is 23.2. The zero-order valence-corrected chi connectivity index (χ0v) is 44.3. The van der Waals surface area contributed by atoms with Gasteiger partial charge in [0.2, 0.25) is 5.91 Å². The zero-order chi connectivity index (χ0) is 51.5. The molecule has 0 bridgehead atoms. The number of amides is 1. The van der Waals surface area contributed by atoms with Crippen LogP contribution in [-0.4, -0.2) is 138 Å². The number of hydrogen-bond acceptors (Lipinski definition) is 10. The number of benzene rings is 3. The predicted molar refractivity (Wildman–Crippen MR) is 294 cm³/mol. The Kier molecular flexibility index (Phi) is 16.3. The molecule has 8 N–H and O–H groups in total. The van der Waals surface area contributed by atoms with Gasteiger partial charge in [0.25, 0.3) is 0 Å². The molecule has 6 aliphatic rings. The summed E-state index contributed by atoms with van der Waals surface area (Å²) < 4.78 is 10.7. The number of nitrogens with one attached hydrogen (secondary N) is 4. The molecule has 3 aromatic carbocycles. The van der Waals surface area contributed by atoms with E-state index in [-0.39, 0.29) is 30.9 Å². The van der Waals surface area contributed by atoms with Gasteiger partial charge in [-0.15, -0.1) is 0 Å². The Hall–Kier alpha value is -5.51. The lowest BCUT2D eigenvalue weighted by atomic mass is 9.72. The van der Waals surface area contributed by atoms with Crippen molar-refractivity contribution in [2.75, 3.05) is 72.1 Å². The molecule has 14 heteroatoms. The van der Waals surface area contributed by atoms with E-state index in [0.717, 1.165) is 90.8 Å². The van der Waals surface area contributed by atoms with E-state index in [9.17, 15) is 14.4 Å². The van der Waals surface area contributed by atoms with E-state index >= 15 is 0 Å². The van der Waals surface area contributed by atoms with Gasteiger partial charge in [-0.1, -0.05) is 57.2 Å². The molecule has 3 saturated heterocycles. The molecule has 12 rings (SSSR count). The number of fused-ring (bicyclic) bond motifs is 6. The summed E-state index contributed by atoms with van der Waals surface area (Å²) in [6.45, 7) is 16.5. The molecule has 3 aliphatic carbocycles. The first kappa shape index (κ1) is 52.0. The Morgan fingerprint density at radius 1 is 0.554 bits per heavy atom. The van der Waals surface area contributed by atoms with Gasteiger partial charge in [-0.25, -0.2) is 0 Å². The molecule has 74 heavy (non-hydrogen) atoms. The summed E-state index contributed by atoms with van der Waals surface area (Å²) in [5.41, 5.74) is 23.3. The van der Waals surface area contributed by atoms with E-state index in [4.69, 9.17) is 20.9 Å². The third-order valence-corrected chi connectivity index (χ3v) is 17.5. The third kappa shape index (κ3) is 10.7. The molecule has 6 heterocycles. The lowest BCUT2D eigenvalue weighted by Crippen LogP contribution is -2.52. The molecule has 0 radical (unpaired) electrons. The van der Waals surface area contributed by atoms with Gasteiger partial charge in [0, 0.05) is 132 Å². The summed E-state index contributed by atoms with van der Waals surface area (Å²) in [4.78, 5) is 52.5. The highest BCUT2D eigenvalue weighted by atomic mass is 16.5. The number of aromatic nitrogens is 3. The normalized spacial score (nSPS) is 25.9. The lowest BCUT2D eigenvalue weighted by Gasteiger charge is -2.47. The van der Waals surface area contributed by atoms with Crippen LogP contribution in [0.15, 0.2) is 73.2 Å². The van der Waals surface area contributed by atoms with Crippen LogP contribution in [0.2, 0.25) is 0 Å². The van der Waals surface area contributed by atoms with Crippen LogP contribution >= 0.6 is 0 Å². The van der Waals surface area contributed by atoms with E-state index in [1.54, 1.807) is 6.92 Å². The highest BCUT2D eigenvalue weighted by Gasteiger charge is 2.43. The van der Waals surface area contributed by atoms with Crippen molar-refractivity contribution < 1.29 is 23.9 Å². The Balaban J connectivity index is 0.000000127. The summed E-state index contributed by atoms with van der Waals surface area (Å²) in [6.07, 6.45) is 16.7. The third-order valence-electron chi connectivity index (χ3n) is 17.5. The molecule has 0 spiro atoms. The van der Waals surface area contributed by atoms with Crippen LogP contribution in [-0.2, 0) is 43.1 Å². The van der Waals surface area contributed by atoms with Gasteiger partial charge < -0.3 is 41.2 Å². The zero-order valence-electron chi connectivity index (χ0n) is 44.3. The summed E-state index contributed by atoms with van der Waals surface area (Å²) in [5, 5.41) is 7.33. The van der Waals surface area contributed by atoms with E-state index in [1.165, 1.54) is 78.9 Å². The number of ether oxygens (including phenoxy) is 2. The van der Waals surface area contributed by atoms with Gasteiger partial charge in [-0.05, 0) is 135 Å². The smallest absolute Gasteiger partial charge is 0.319 e. The van der Waals surface area contributed by atoms with Gasteiger partial charge in [0.05, 0.1) is 26.3 Å². The van der Waals surface area contributed by atoms with E-state index in [2.05, 4.69) is 129 Å². The van der Waals surface area contributed by atoms with Gasteiger partial charge in [0.15, 0.2) is 0 Å². The highest BCUT2D eigenvalue weighted by molar-refractivity contribution is 5.90. The van der Waals surface area contributed by atoms with Crippen molar-refractivity contribution in [3.63, 3.8) is 0 Å². The molecule has 0 saturated carbocycles. The molecule has 9 atom stereocenters. The van der Waals surface area contributed by atoms with Crippen molar-refractivity contribution in [2.24, 2.45) is 29.2 Å². The molecule has 3 fully saturated rings. The number of nitrogens with two attached hydrogens (primary N) is 2. The fourth-order valence-electron chi connectivity index (χ4n) is 14.5. The van der Waals surface area contributed by atoms with E-state index in [0.29, 0.717) is 66.8 Å². The number of hydrogen-bond donors (Lipinski definition) is 6. The summed E-state index contributed by atoms with van der Waals surface area (Å²) in [6, 6.07) is 21.6. The number of esters is 2. The number of likely N-dealkylation sites (tertiary alicyclic amines) is 3. The van der Waals surface area contributed by atoms with E-state index < -0.39 is 0 Å². The van der Waals surface area contributed by atoms with Gasteiger partial charge in [-0.2, -0.15) is 0 Å². The van der Waals surface area contributed by atoms with Crippen LogP contribution in [0.3, 0.4) is 0 Å². The Morgan fingerprint density at radius 3 is 1.24 bits per heavy atom. The Labute approximate surface area is 437 Å². The summed E-state index contributed by atoms with van der Waals surface area (Å²) >= 11 is 0. The van der Waals surface area contributed by atoms with Crippen molar-refractivity contribution in [3.05, 3.63) is 107 Å². The highest BCUT2D eigenvalue weighted by Crippen LogP contribution is 2.48. The molecule has 3 aliphatic heterocycles. The topological polar surface area (TPSA) is 191 Å². The molecular formula is C60H81N9O5. The monoisotopic (exact) mass is 1010 g/mol. The minimum atomic E-state index is -0.303. The van der Waals surface area contributed by atoms with Crippen LogP contribution in [0.4, 0.5) is 0 Å². The second-order valence-electron chi connectivity index (χ2n) is 22.4. The van der Waals surface area contributed by atoms with Crippen LogP contribution in [0, 0.1) is 17.8 Å². The van der Waals surface area contributed by atoms with Crippen molar-refractivity contribution in [2.45, 2.75) is 121 Å². The first-order valence-corrected chi connectivity index (χ1v) is 28.0. The SMILES string of the molecule is CCCN1C[C@H](CNC(C)=O)C[C@@H]2c3cccc4[nH]cc(c34)C[C@H]21.CCCN1C[C@H](COC(=O)CN)C[C@@H]2c3cccc4[nH]cc(c34)C[C@H]21.CCCN1C[C@H](COC(=O)CN)C[C@@H]2c3cccc4[nH]cc(c34)C[C@H]21. The first-order valence-electron chi connectivity index (χ1n) is 28.0. The number of carbonyl (C=O) groups excluding carboxylic acids is 3. The average Bonchev–Trinajstić information content (AvgIpc) is 4.19. The van der Waals surface area contributed by atoms with Crippen molar-refractivity contribution in [1.29, 1.82) is 0 Å². The minimum Gasteiger partial charge on any atom is -0.464 e. The molecule has 6 aromatic rings. The maximum Gasteiger partial charge on any atom is 0.319 e. The van der Waals surface area contributed by atoms with Crippen LogP contribution < -0.4 is 16.8 Å². The van der Waals surface area contributed by atoms with Crippen molar-refractivity contribution >= 4 is 50.6 Å². The quantitative estimate of drug-likeness (QED) is 0.0586.